The minimum atomic E-state index is 0.639. The van der Waals surface area contributed by atoms with Gasteiger partial charge in [-0.1, -0.05) is 0 Å². The van der Waals surface area contributed by atoms with E-state index < -0.39 is 0 Å². The topological polar surface area (TPSA) is 82.0 Å². The van der Waals surface area contributed by atoms with Crippen molar-refractivity contribution in [1.82, 2.24) is 24.6 Å². The molecular formula is C11H10N6. The number of nitrogen functional groups attached to an aromatic ring is 1. The zero-order chi connectivity index (χ0) is 11.8. The van der Waals surface area contributed by atoms with E-state index in [0.717, 1.165) is 11.3 Å². The van der Waals surface area contributed by atoms with E-state index in [-0.39, 0.29) is 0 Å². The van der Waals surface area contributed by atoms with Gasteiger partial charge in [-0.05, 0) is 19.1 Å². The molecule has 0 aliphatic rings. The zero-order valence-corrected chi connectivity index (χ0v) is 9.20. The van der Waals surface area contributed by atoms with Crippen molar-refractivity contribution in [3.8, 4) is 11.5 Å². The molecule has 0 aliphatic heterocycles. The molecule has 17 heavy (non-hydrogen) atoms. The number of aromatic nitrogens is 5. The van der Waals surface area contributed by atoms with E-state index in [1.165, 1.54) is 0 Å². The molecule has 2 N–H and O–H groups in total. The molecule has 3 rings (SSSR count). The van der Waals surface area contributed by atoms with Crippen LogP contribution in [0.4, 0.5) is 5.69 Å². The summed E-state index contributed by atoms with van der Waals surface area (Å²) < 4.78 is 1.80. The highest BCUT2D eigenvalue weighted by Gasteiger charge is 2.09. The number of anilines is 1. The first kappa shape index (κ1) is 9.71. The molecule has 0 fully saturated rings. The lowest BCUT2D eigenvalue weighted by Gasteiger charge is -2.00. The number of hydrogen-bond donors (Lipinski definition) is 1. The number of aryl methyl sites for hydroxylation is 1. The van der Waals surface area contributed by atoms with Crippen molar-refractivity contribution in [2.75, 3.05) is 5.73 Å². The van der Waals surface area contributed by atoms with Gasteiger partial charge in [-0.15, -0.1) is 10.2 Å². The van der Waals surface area contributed by atoms with Crippen LogP contribution in [0, 0.1) is 6.92 Å². The van der Waals surface area contributed by atoms with Gasteiger partial charge in [-0.3, -0.25) is 9.38 Å². The maximum Gasteiger partial charge on any atom is 0.188 e. The third kappa shape index (κ3) is 1.59. The fourth-order valence-corrected chi connectivity index (χ4v) is 1.59. The number of hydrogen-bond acceptors (Lipinski definition) is 5. The van der Waals surface area contributed by atoms with Gasteiger partial charge < -0.3 is 5.73 Å². The molecule has 0 saturated heterocycles. The number of nitrogens with zero attached hydrogens (tertiary/aromatic N) is 5. The molecule has 6 nitrogen and oxygen atoms in total. The Morgan fingerprint density at radius 1 is 1.12 bits per heavy atom. The van der Waals surface area contributed by atoms with Gasteiger partial charge in [0.2, 0.25) is 0 Å². The Bertz CT molecular complexity index is 670. The molecule has 6 heteroatoms. The average Bonchev–Trinajstić information content (AvgIpc) is 2.73. The van der Waals surface area contributed by atoms with Crippen LogP contribution in [0.25, 0.3) is 17.2 Å². The second kappa shape index (κ2) is 3.51. The number of rotatable bonds is 1. The molecule has 3 heterocycles. The molecule has 0 aliphatic carbocycles. The average molecular weight is 226 g/mol. The van der Waals surface area contributed by atoms with Crippen molar-refractivity contribution in [2.24, 2.45) is 0 Å². The van der Waals surface area contributed by atoms with Crippen LogP contribution < -0.4 is 5.73 Å². The van der Waals surface area contributed by atoms with Crippen LogP contribution in [0.3, 0.4) is 0 Å². The highest BCUT2D eigenvalue weighted by atomic mass is 15.3. The first-order valence-electron chi connectivity index (χ1n) is 5.13. The van der Waals surface area contributed by atoms with Gasteiger partial charge in [0.05, 0.1) is 11.9 Å². The van der Waals surface area contributed by atoms with Gasteiger partial charge in [-0.2, -0.15) is 0 Å². The fourth-order valence-electron chi connectivity index (χ4n) is 1.59. The molecule has 3 aromatic heterocycles. The predicted octanol–water partition coefficient (Wildman–Crippen LogP) is 1.08. The molecule has 0 aromatic carbocycles. The summed E-state index contributed by atoms with van der Waals surface area (Å²) >= 11 is 0. The van der Waals surface area contributed by atoms with E-state index in [9.17, 15) is 0 Å². The molecule has 0 unspecified atom stereocenters. The number of fused-ring (bicyclic) bond motifs is 1. The Morgan fingerprint density at radius 3 is 2.76 bits per heavy atom. The van der Waals surface area contributed by atoms with Crippen LogP contribution >= 0.6 is 0 Å². The Balaban J connectivity index is 2.23. The molecule has 0 spiro atoms. The van der Waals surface area contributed by atoms with Gasteiger partial charge in [0, 0.05) is 18.1 Å². The summed E-state index contributed by atoms with van der Waals surface area (Å²) in [6, 6.07) is 3.60. The highest BCUT2D eigenvalue weighted by molar-refractivity contribution is 5.57. The van der Waals surface area contributed by atoms with Crippen molar-refractivity contribution in [1.29, 1.82) is 0 Å². The van der Waals surface area contributed by atoms with E-state index >= 15 is 0 Å². The van der Waals surface area contributed by atoms with E-state index in [4.69, 9.17) is 5.73 Å². The molecule has 84 valence electrons. The van der Waals surface area contributed by atoms with Crippen LogP contribution in [0.15, 0.2) is 30.7 Å². The first-order valence-corrected chi connectivity index (χ1v) is 5.13. The normalized spacial score (nSPS) is 10.9. The van der Waals surface area contributed by atoms with Gasteiger partial charge in [0.1, 0.15) is 5.69 Å². The maximum atomic E-state index is 5.74. The van der Waals surface area contributed by atoms with E-state index in [1.54, 1.807) is 29.1 Å². The van der Waals surface area contributed by atoms with E-state index in [0.29, 0.717) is 17.2 Å². The lowest BCUT2D eigenvalue weighted by Crippen LogP contribution is -1.95. The largest absolute Gasteiger partial charge is 0.398 e. The SMILES string of the molecule is Cc1cnc(-c2nnc3ccc(N)cn23)cn1. The molecule has 0 amide bonds. The second-order valence-corrected chi connectivity index (χ2v) is 3.76. The lowest BCUT2D eigenvalue weighted by atomic mass is 10.3. The van der Waals surface area contributed by atoms with Crippen molar-refractivity contribution < 1.29 is 0 Å². The number of nitrogens with two attached hydrogens (primary N) is 1. The van der Waals surface area contributed by atoms with Crippen LogP contribution in [-0.2, 0) is 0 Å². The summed E-state index contributed by atoms with van der Waals surface area (Å²) in [5.74, 6) is 0.639. The van der Waals surface area contributed by atoms with Crippen molar-refractivity contribution in [3.63, 3.8) is 0 Å². The molecule has 0 bridgehead atoms. The van der Waals surface area contributed by atoms with Crippen LogP contribution in [0.5, 0.6) is 0 Å². The monoisotopic (exact) mass is 226 g/mol. The quantitative estimate of drug-likeness (QED) is 0.671. The van der Waals surface area contributed by atoms with Crippen molar-refractivity contribution in [2.45, 2.75) is 6.92 Å². The number of pyridine rings is 1. The molecule has 0 radical (unpaired) electrons. The van der Waals surface area contributed by atoms with Gasteiger partial charge in [-0.25, -0.2) is 4.98 Å². The van der Waals surface area contributed by atoms with Gasteiger partial charge in [0.15, 0.2) is 11.5 Å². The Labute approximate surface area is 97.2 Å². The third-order valence-electron chi connectivity index (χ3n) is 2.44. The third-order valence-corrected chi connectivity index (χ3v) is 2.44. The van der Waals surface area contributed by atoms with E-state index in [1.807, 2.05) is 13.0 Å². The smallest absolute Gasteiger partial charge is 0.188 e. The van der Waals surface area contributed by atoms with Crippen LogP contribution in [0.2, 0.25) is 0 Å². The minimum absolute atomic E-state index is 0.639. The van der Waals surface area contributed by atoms with Crippen LogP contribution in [0.1, 0.15) is 5.69 Å². The maximum absolute atomic E-state index is 5.74. The Kier molecular flexibility index (Phi) is 2.01. The van der Waals surface area contributed by atoms with E-state index in [2.05, 4.69) is 20.2 Å². The summed E-state index contributed by atoms with van der Waals surface area (Å²) in [6.45, 7) is 1.89. The summed E-state index contributed by atoms with van der Waals surface area (Å²) in [4.78, 5) is 8.46. The summed E-state index contributed by atoms with van der Waals surface area (Å²) in [5.41, 5.74) is 8.66. The van der Waals surface area contributed by atoms with Gasteiger partial charge >= 0.3 is 0 Å². The molecule has 0 atom stereocenters. The molecular weight excluding hydrogens is 216 g/mol. The van der Waals surface area contributed by atoms with Crippen molar-refractivity contribution in [3.05, 3.63) is 36.4 Å². The predicted molar refractivity (Wildman–Crippen MR) is 63.2 cm³/mol. The first-order chi connectivity index (χ1) is 8.24. The standard InChI is InChI=1S/C11H10N6/c1-7-4-14-9(5-13-7)11-16-15-10-3-2-8(12)6-17(10)11/h2-6H,12H2,1H3. The molecule has 3 aromatic rings. The zero-order valence-electron chi connectivity index (χ0n) is 9.20. The summed E-state index contributed by atoms with van der Waals surface area (Å²) in [6.07, 6.45) is 5.14. The fraction of sp³-hybridized carbons (Fsp3) is 0.0909. The van der Waals surface area contributed by atoms with Crippen LogP contribution in [-0.4, -0.2) is 24.6 Å². The van der Waals surface area contributed by atoms with Gasteiger partial charge in [0.25, 0.3) is 0 Å². The minimum Gasteiger partial charge on any atom is -0.398 e. The van der Waals surface area contributed by atoms with Crippen molar-refractivity contribution >= 4 is 11.3 Å². The Morgan fingerprint density at radius 2 is 2.00 bits per heavy atom. The lowest BCUT2D eigenvalue weighted by molar-refractivity contribution is 1.05. The molecule has 0 saturated carbocycles. The highest BCUT2D eigenvalue weighted by Crippen LogP contribution is 2.16. The summed E-state index contributed by atoms with van der Waals surface area (Å²) in [5, 5.41) is 8.14. The summed E-state index contributed by atoms with van der Waals surface area (Å²) in [7, 11) is 0. The Hall–Kier alpha value is -2.50. The second-order valence-electron chi connectivity index (χ2n) is 3.76.